The lowest BCUT2D eigenvalue weighted by molar-refractivity contribution is 0.0664. The fourth-order valence-electron chi connectivity index (χ4n) is 0.196. The molecule has 0 aromatic heterocycles. The zero-order valence-electron chi connectivity index (χ0n) is 4.24. The molecule has 0 atom stereocenters. The largest absolute Gasteiger partial charge is 0.671 e. The van der Waals surface area contributed by atoms with E-state index in [2.05, 4.69) is 4.43 Å². The maximum Gasteiger partial charge on any atom is 0.671 e. The van der Waals surface area contributed by atoms with Crippen molar-refractivity contribution in [2.45, 2.75) is 0 Å². The number of rotatable bonds is 3. The Morgan fingerprint density at radius 2 is 1.88 bits per heavy atom. The summed E-state index contributed by atoms with van der Waals surface area (Å²) in [5.41, 5.74) is 4.90. The molecular weight excluding hydrogens is 130 g/mol. The highest BCUT2D eigenvalue weighted by Gasteiger charge is 2.29. The summed E-state index contributed by atoms with van der Waals surface area (Å²) >= 11 is 0. The normalized spacial score (nSPS) is 12.0. The van der Waals surface area contributed by atoms with Gasteiger partial charge < -0.3 is 24.5 Å². The number of hydrogen-bond donors (Lipinski definition) is 4. The average molecular weight is 139 g/mol. The molecule has 0 spiro atoms. The van der Waals surface area contributed by atoms with Gasteiger partial charge in [-0.3, -0.25) is 0 Å². The molecule has 5 N–H and O–H groups in total. The van der Waals surface area contributed by atoms with Crippen LogP contribution in [-0.2, 0) is 4.43 Å². The molecule has 6 heteroatoms. The Morgan fingerprint density at radius 1 is 1.38 bits per heavy atom. The van der Waals surface area contributed by atoms with Crippen LogP contribution in [0.25, 0.3) is 0 Å². The van der Waals surface area contributed by atoms with Crippen LogP contribution in [0.2, 0.25) is 0 Å². The minimum absolute atomic E-state index is 0.0320. The van der Waals surface area contributed by atoms with E-state index < -0.39 is 9.05 Å². The van der Waals surface area contributed by atoms with Crippen LogP contribution in [0, 0.1) is 0 Å². The Kier molecular flexibility index (Phi) is 3.13. The molecular formula is C2H9NO4Si. The summed E-state index contributed by atoms with van der Waals surface area (Å²) in [6.45, 7) is 0.131. The van der Waals surface area contributed by atoms with Crippen LogP contribution in [0.4, 0.5) is 0 Å². The fourth-order valence-corrected chi connectivity index (χ4v) is 0.588. The molecule has 0 aliphatic carbocycles. The third-order valence-corrected chi connectivity index (χ3v) is 1.00. The van der Waals surface area contributed by atoms with Crippen LogP contribution < -0.4 is 5.73 Å². The van der Waals surface area contributed by atoms with Gasteiger partial charge in [-0.15, -0.1) is 0 Å². The van der Waals surface area contributed by atoms with Gasteiger partial charge in [-0.25, -0.2) is 0 Å². The van der Waals surface area contributed by atoms with Crippen molar-refractivity contribution >= 4 is 9.05 Å². The van der Waals surface area contributed by atoms with Crippen molar-refractivity contribution in [2.24, 2.45) is 5.73 Å². The topological polar surface area (TPSA) is 95.9 Å². The molecule has 0 aliphatic rings. The molecule has 0 amide bonds. The zero-order valence-corrected chi connectivity index (χ0v) is 5.24. The monoisotopic (exact) mass is 139 g/mol. The highest BCUT2D eigenvalue weighted by molar-refractivity contribution is 6.48. The van der Waals surface area contributed by atoms with Crippen LogP contribution in [0.5, 0.6) is 0 Å². The van der Waals surface area contributed by atoms with E-state index >= 15 is 0 Å². The van der Waals surface area contributed by atoms with E-state index in [1.807, 2.05) is 0 Å². The molecule has 0 aromatic rings. The molecule has 8 heavy (non-hydrogen) atoms. The van der Waals surface area contributed by atoms with E-state index in [9.17, 15) is 0 Å². The van der Waals surface area contributed by atoms with E-state index in [4.69, 9.17) is 20.1 Å². The smallest absolute Gasteiger partial charge is 0.368 e. The second-order valence-corrected chi connectivity index (χ2v) is 2.65. The molecule has 0 heterocycles. The standard InChI is InChI=1S/C2H9NO4Si/c3-1-2-7-8(4,5)6/h4-6H,1-3H2. The van der Waals surface area contributed by atoms with Gasteiger partial charge in [0.1, 0.15) is 0 Å². The molecule has 0 aromatic carbocycles. The SMILES string of the molecule is NCCO[Si](O)(O)O. The van der Waals surface area contributed by atoms with E-state index in [1.54, 1.807) is 0 Å². The second kappa shape index (κ2) is 3.12. The number of nitrogens with two attached hydrogens (primary N) is 1. The lowest BCUT2D eigenvalue weighted by Crippen LogP contribution is -2.40. The molecule has 0 radical (unpaired) electrons. The van der Waals surface area contributed by atoms with Crippen LogP contribution in [0.15, 0.2) is 0 Å². The Balaban J connectivity index is 3.11. The molecule has 0 unspecified atom stereocenters. The maximum absolute atomic E-state index is 8.12. The Morgan fingerprint density at radius 3 is 2.00 bits per heavy atom. The highest BCUT2D eigenvalue weighted by Crippen LogP contribution is 1.85. The third-order valence-electron chi connectivity index (χ3n) is 0.414. The van der Waals surface area contributed by atoms with Crippen molar-refractivity contribution in [2.75, 3.05) is 13.2 Å². The quantitative estimate of drug-likeness (QED) is 0.321. The molecule has 0 bridgehead atoms. The van der Waals surface area contributed by atoms with E-state index in [0.29, 0.717) is 0 Å². The van der Waals surface area contributed by atoms with Crippen molar-refractivity contribution in [3.05, 3.63) is 0 Å². The van der Waals surface area contributed by atoms with E-state index in [0.717, 1.165) is 0 Å². The van der Waals surface area contributed by atoms with Crippen molar-refractivity contribution < 1.29 is 18.8 Å². The van der Waals surface area contributed by atoms with Crippen molar-refractivity contribution in [1.82, 2.24) is 0 Å². The van der Waals surface area contributed by atoms with Gasteiger partial charge in [-0.1, -0.05) is 0 Å². The minimum Gasteiger partial charge on any atom is -0.368 e. The molecule has 0 aliphatic heterocycles. The molecule has 5 nitrogen and oxygen atoms in total. The lowest BCUT2D eigenvalue weighted by atomic mass is 10.8. The highest BCUT2D eigenvalue weighted by atomic mass is 28.4. The van der Waals surface area contributed by atoms with Gasteiger partial charge in [0.25, 0.3) is 0 Å². The second-order valence-electron chi connectivity index (χ2n) is 1.21. The zero-order chi connectivity index (χ0) is 6.62. The van der Waals surface area contributed by atoms with Gasteiger partial charge in [0, 0.05) is 6.54 Å². The average Bonchev–Trinajstić information content (AvgIpc) is 1.59. The van der Waals surface area contributed by atoms with Crippen molar-refractivity contribution in [3.63, 3.8) is 0 Å². The van der Waals surface area contributed by atoms with Gasteiger partial charge in [-0.05, 0) is 0 Å². The van der Waals surface area contributed by atoms with Crippen LogP contribution in [0.1, 0.15) is 0 Å². The summed E-state index contributed by atoms with van der Waals surface area (Å²) in [6.07, 6.45) is 0. The number of hydrogen-bond acceptors (Lipinski definition) is 5. The lowest BCUT2D eigenvalue weighted by Gasteiger charge is -2.07. The van der Waals surface area contributed by atoms with Gasteiger partial charge in [0.2, 0.25) is 0 Å². The molecule has 0 saturated carbocycles. The fraction of sp³-hybridized carbons (Fsp3) is 1.00. The molecule has 0 saturated heterocycles. The first-order chi connectivity index (χ1) is 3.56. The van der Waals surface area contributed by atoms with Crippen LogP contribution in [0.3, 0.4) is 0 Å². The third kappa shape index (κ3) is 6.02. The predicted molar refractivity (Wildman–Crippen MR) is 27.4 cm³/mol. The van der Waals surface area contributed by atoms with Crippen LogP contribution >= 0.6 is 0 Å². The molecule has 0 rings (SSSR count). The summed E-state index contributed by atoms with van der Waals surface area (Å²) in [4.78, 5) is 24.4. The Labute approximate surface area is 47.8 Å². The van der Waals surface area contributed by atoms with Crippen LogP contribution in [-0.4, -0.2) is 36.6 Å². The predicted octanol–water partition coefficient (Wildman–Crippen LogP) is -2.63. The summed E-state index contributed by atoms with van der Waals surface area (Å²) in [5, 5.41) is 0. The van der Waals surface area contributed by atoms with Gasteiger partial charge in [0.15, 0.2) is 0 Å². The maximum atomic E-state index is 8.12. The minimum atomic E-state index is -4.26. The Hall–Kier alpha value is 0.0169. The van der Waals surface area contributed by atoms with Gasteiger partial charge >= 0.3 is 9.05 Å². The van der Waals surface area contributed by atoms with Crippen molar-refractivity contribution in [3.8, 4) is 0 Å². The first-order valence-electron chi connectivity index (χ1n) is 2.07. The summed E-state index contributed by atoms with van der Waals surface area (Å²) in [5.74, 6) is 0. The van der Waals surface area contributed by atoms with Crippen molar-refractivity contribution in [1.29, 1.82) is 0 Å². The molecule has 0 fully saturated rings. The first kappa shape index (κ1) is 8.02. The first-order valence-corrected chi connectivity index (χ1v) is 3.82. The Bertz CT molecular complexity index is 61.5. The summed E-state index contributed by atoms with van der Waals surface area (Å²) in [6, 6.07) is 0. The van der Waals surface area contributed by atoms with Gasteiger partial charge in [0.05, 0.1) is 6.61 Å². The summed E-state index contributed by atoms with van der Waals surface area (Å²) in [7, 11) is -4.26. The molecule has 50 valence electrons. The van der Waals surface area contributed by atoms with E-state index in [-0.39, 0.29) is 13.2 Å². The van der Waals surface area contributed by atoms with Gasteiger partial charge in [-0.2, -0.15) is 0 Å². The van der Waals surface area contributed by atoms with E-state index in [1.165, 1.54) is 0 Å². The summed E-state index contributed by atoms with van der Waals surface area (Å²) < 4.78 is 4.06.